The number of carbonyl (C=O) groups is 1. The maximum Gasteiger partial charge on any atom is 0.251 e. The fraction of sp³-hybridized carbons (Fsp3) is 0.250. The molecule has 0 saturated heterocycles. The molecule has 0 saturated carbocycles. The summed E-state index contributed by atoms with van der Waals surface area (Å²) in [4.78, 5) is 17.1. The van der Waals surface area contributed by atoms with Crippen molar-refractivity contribution in [1.29, 1.82) is 0 Å². The quantitative estimate of drug-likeness (QED) is 0.633. The minimum Gasteiger partial charge on any atom is -0.494 e. The second kappa shape index (κ2) is 8.71. The average Bonchev–Trinajstić information content (AvgIpc) is 3.15. The SMILES string of the molecule is COc1cc(C(=O)NCCc2cc3c(c(-c4ccc(F)cc4)n2)OCC3C)ccc1F. The Labute approximate surface area is 179 Å². The molecule has 3 aromatic rings. The van der Waals surface area contributed by atoms with Gasteiger partial charge in [-0.3, -0.25) is 4.79 Å². The largest absolute Gasteiger partial charge is 0.494 e. The van der Waals surface area contributed by atoms with Crippen LogP contribution in [0.4, 0.5) is 8.78 Å². The van der Waals surface area contributed by atoms with Crippen LogP contribution in [0.15, 0.2) is 48.5 Å². The van der Waals surface area contributed by atoms with Crippen LogP contribution in [0.2, 0.25) is 0 Å². The van der Waals surface area contributed by atoms with Gasteiger partial charge < -0.3 is 14.8 Å². The molecule has 1 amide bonds. The van der Waals surface area contributed by atoms with Gasteiger partial charge in [0.1, 0.15) is 17.3 Å². The van der Waals surface area contributed by atoms with Crippen LogP contribution in [0.3, 0.4) is 0 Å². The molecule has 7 heteroatoms. The fourth-order valence-electron chi connectivity index (χ4n) is 3.56. The number of hydrogen-bond donors (Lipinski definition) is 1. The number of hydrogen-bond acceptors (Lipinski definition) is 4. The van der Waals surface area contributed by atoms with E-state index in [1.54, 1.807) is 12.1 Å². The smallest absolute Gasteiger partial charge is 0.251 e. The van der Waals surface area contributed by atoms with E-state index in [-0.39, 0.29) is 23.4 Å². The molecule has 1 aromatic heterocycles. The van der Waals surface area contributed by atoms with E-state index in [2.05, 4.69) is 12.2 Å². The molecule has 2 heterocycles. The lowest BCUT2D eigenvalue weighted by molar-refractivity contribution is 0.0953. The maximum atomic E-state index is 13.6. The fourth-order valence-corrected chi connectivity index (χ4v) is 3.56. The van der Waals surface area contributed by atoms with Crippen molar-refractivity contribution in [3.8, 4) is 22.8 Å². The number of amides is 1. The van der Waals surface area contributed by atoms with Crippen molar-refractivity contribution in [2.24, 2.45) is 0 Å². The summed E-state index contributed by atoms with van der Waals surface area (Å²) in [5.41, 5.74) is 3.61. The first-order valence-electron chi connectivity index (χ1n) is 10.0. The van der Waals surface area contributed by atoms with Crippen LogP contribution in [0.25, 0.3) is 11.3 Å². The summed E-state index contributed by atoms with van der Waals surface area (Å²) in [5.74, 6) is -0.194. The molecule has 0 radical (unpaired) electrons. The Morgan fingerprint density at radius 2 is 1.97 bits per heavy atom. The molecule has 0 fully saturated rings. The molecule has 1 atom stereocenters. The van der Waals surface area contributed by atoms with E-state index in [0.29, 0.717) is 30.8 Å². The van der Waals surface area contributed by atoms with Crippen molar-refractivity contribution >= 4 is 5.91 Å². The van der Waals surface area contributed by atoms with Gasteiger partial charge in [0.05, 0.1) is 13.7 Å². The molecule has 0 bridgehead atoms. The Morgan fingerprint density at radius 3 is 2.71 bits per heavy atom. The lowest BCUT2D eigenvalue weighted by Gasteiger charge is -2.12. The van der Waals surface area contributed by atoms with Gasteiger partial charge in [0.2, 0.25) is 0 Å². The van der Waals surface area contributed by atoms with Crippen molar-refractivity contribution in [1.82, 2.24) is 10.3 Å². The number of methoxy groups -OCH3 is 1. The van der Waals surface area contributed by atoms with Gasteiger partial charge in [-0.2, -0.15) is 0 Å². The summed E-state index contributed by atoms with van der Waals surface area (Å²) >= 11 is 0. The van der Waals surface area contributed by atoms with E-state index >= 15 is 0 Å². The molecule has 160 valence electrons. The van der Waals surface area contributed by atoms with Gasteiger partial charge in [0.15, 0.2) is 11.6 Å². The number of rotatable bonds is 6. The summed E-state index contributed by atoms with van der Waals surface area (Å²) in [6.45, 7) is 2.99. The molecule has 0 spiro atoms. The third-order valence-corrected chi connectivity index (χ3v) is 5.26. The molecular formula is C24H22F2N2O3. The highest BCUT2D eigenvalue weighted by atomic mass is 19.1. The summed E-state index contributed by atoms with van der Waals surface area (Å²) in [6, 6.07) is 12.1. The first kappa shape index (κ1) is 20.8. The van der Waals surface area contributed by atoms with E-state index in [1.807, 2.05) is 6.07 Å². The monoisotopic (exact) mass is 424 g/mol. The zero-order chi connectivity index (χ0) is 22.0. The average molecular weight is 424 g/mol. The normalized spacial score (nSPS) is 14.6. The highest BCUT2D eigenvalue weighted by Crippen LogP contribution is 2.41. The van der Waals surface area contributed by atoms with Gasteiger partial charge in [0.25, 0.3) is 5.91 Å². The van der Waals surface area contributed by atoms with Gasteiger partial charge in [-0.05, 0) is 48.5 Å². The van der Waals surface area contributed by atoms with E-state index in [9.17, 15) is 13.6 Å². The van der Waals surface area contributed by atoms with Crippen molar-refractivity contribution in [3.63, 3.8) is 0 Å². The van der Waals surface area contributed by atoms with Crippen LogP contribution < -0.4 is 14.8 Å². The first-order chi connectivity index (χ1) is 15.0. The van der Waals surface area contributed by atoms with Crippen molar-refractivity contribution in [2.75, 3.05) is 20.3 Å². The molecule has 1 unspecified atom stereocenters. The van der Waals surface area contributed by atoms with Gasteiger partial charge in [0, 0.05) is 41.3 Å². The molecule has 1 aliphatic rings. The molecule has 31 heavy (non-hydrogen) atoms. The lowest BCUT2D eigenvalue weighted by atomic mass is 9.99. The molecular weight excluding hydrogens is 402 g/mol. The Morgan fingerprint density at radius 1 is 1.19 bits per heavy atom. The third-order valence-electron chi connectivity index (χ3n) is 5.26. The third kappa shape index (κ3) is 4.35. The minimum absolute atomic E-state index is 0.0193. The summed E-state index contributed by atoms with van der Waals surface area (Å²) in [6.07, 6.45) is 0.498. The Balaban J connectivity index is 1.51. The molecule has 5 nitrogen and oxygen atoms in total. The molecule has 1 aliphatic heterocycles. The van der Waals surface area contributed by atoms with Crippen LogP contribution in [0, 0.1) is 11.6 Å². The number of nitrogens with one attached hydrogen (secondary N) is 1. The zero-order valence-electron chi connectivity index (χ0n) is 17.2. The van der Waals surface area contributed by atoms with Crippen LogP contribution >= 0.6 is 0 Å². The Hall–Kier alpha value is -3.48. The number of halogens is 2. The molecule has 4 rings (SSSR count). The van der Waals surface area contributed by atoms with Gasteiger partial charge in [-0.25, -0.2) is 13.8 Å². The van der Waals surface area contributed by atoms with Crippen LogP contribution in [0.5, 0.6) is 11.5 Å². The molecule has 1 N–H and O–H groups in total. The predicted octanol–water partition coefficient (Wildman–Crippen LogP) is 4.50. The Bertz CT molecular complexity index is 1120. The van der Waals surface area contributed by atoms with Crippen LogP contribution in [-0.4, -0.2) is 31.2 Å². The highest BCUT2D eigenvalue weighted by molar-refractivity contribution is 5.94. The summed E-state index contributed by atoms with van der Waals surface area (Å²) in [7, 11) is 1.35. The first-order valence-corrected chi connectivity index (χ1v) is 10.0. The van der Waals surface area contributed by atoms with Gasteiger partial charge >= 0.3 is 0 Å². The number of ether oxygens (including phenoxy) is 2. The second-order valence-corrected chi connectivity index (χ2v) is 7.45. The van der Waals surface area contributed by atoms with Gasteiger partial charge in [-0.1, -0.05) is 6.92 Å². The highest BCUT2D eigenvalue weighted by Gasteiger charge is 2.26. The minimum atomic E-state index is -0.522. The number of aromatic nitrogens is 1. The van der Waals surface area contributed by atoms with Crippen LogP contribution in [0.1, 0.15) is 34.5 Å². The van der Waals surface area contributed by atoms with Crippen molar-refractivity contribution in [2.45, 2.75) is 19.3 Å². The van der Waals surface area contributed by atoms with E-state index in [1.165, 1.54) is 37.4 Å². The Kier molecular flexibility index (Phi) is 5.84. The lowest BCUT2D eigenvalue weighted by Crippen LogP contribution is -2.26. The topological polar surface area (TPSA) is 60.5 Å². The van der Waals surface area contributed by atoms with Crippen LogP contribution in [-0.2, 0) is 6.42 Å². The number of nitrogens with zero attached hydrogens (tertiary/aromatic N) is 1. The molecule has 2 aromatic carbocycles. The maximum absolute atomic E-state index is 13.6. The predicted molar refractivity (Wildman–Crippen MR) is 113 cm³/mol. The zero-order valence-corrected chi connectivity index (χ0v) is 17.2. The van der Waals surface area contributed by atoms with Crippen molar-refractivity contribution < 1.29 is 23.0 Å². The van der Waals surface area contributed by atoms with E-state index in [0.717, 1.165) is 22.6 Å². The molecule has 0 aliphatic carbocycles. The van der Waals surface area contributed by atoms with E-state index in [4.69, 9.17) is 14.5 Å². The van der Waals surface area contributed by atoms with Gasteiger partial charge in [-0.15, -0.1) is 0 Å². The number of pyridine rings is 1. The number of carbonyl (C=O) groups excluding carboxylic acids is 1. The summed E-state index contributed by atoms with van der Waals surface area (Å²) < 4.78 is 37.7. The standard InChI is InChI=1S/C24H22F2N2O3/c1-14-13-31-23-19(14)12-18(28-22(23)15-3-6-17(25)7-4-15)9-10-27-24(29)16-5-8-20(26)21(11-16)30-2/h3-8,11-12,14H,9-10,13H2,1-2H3,(H,27,29). The van der Waals surface area contributed by atoms with Crippen molar-refractivity contribution in [3.05, 3.63) is 77.0 Å². The van der Waals surface area contributed by atoms with E-state index < -0.39 is 5.82 Å². The summed E-state index contributed by atoms with van der Waals surface area (Å²) in [5, 5.41) is 2.83. The number of fused-ring (bicyclic) bond motifs is 1. The second-order valence-electron chi connectivity index (χ2n) is 7.45. The number of benzene rings is 2.